The Balaban J connectivity index is 3.28. The maximum Gasteiger partial charge on any atom is 0.338 e. The third-order valence-corrected chi connectivity index (χ3v) is 4.62. The predicted molar refractivity (Wildman–Crippen MR) is 68.0 cm³/mol. The molecule has 0 atom stereocenters. The number of rotatable bonds is 1. The first kappa shape index (κ1) is 11.2. The first-order valence-electron chi connectivity index (χ1n) is 3.60. The average Bonchev–Trinajstić information content (AvgIpc) is 2.10. The van der Waals surface area contributed by atoms with Crippen LogP contribution in [0.2, 0.25) is 0 Å². The molecule has 0 spiro atoms. The van der Waals surface area contributed by atoms with Crippen LogP contribution in [-0.4, -0.2) is 13.1 Å². The monoisotopic (exact) mass is 402 g/mol. The Morgan fingerprint density at radius 3 is 2.54 bits per heavy atom. The summed E-state index contributed by atoms with van der Waals surface area (Å²) in [6.45, 7) is 1.96. The van der Waals surface area contributed by atoms with E-state index in [4.69, 9.17) is 0 Å². The Morgan fingerprint density at radius 2 is 2.00 bits per heavy atom. The number of carbonyl (C=O) groups is 1. The molecule has 0 aliphatic heterocycles. The number of methoxy groups -OCH3 is 1. The van der Waals surface area contributed by atoms with E-state index in [0.717, 1.165) is 12.7 Å². The van der Waals surface area contributed by atoms with Gasteiger partial charge in [0.15, 0.2) is 0 Å². The fraction of sp³-hybridized carbons (Fsp3) is 0.222. The Kier molecular flexibility index (Phi) is 3.96. The zero-order valence-electron chi connectivity index (χ0n) is 7.23. The van der Waals surface area contributed by atoms with Crippen molar-refractivity contribution in [3.8, 4) is 0 Å². The summed E-state index contributed by atoms with van der Waals surface area (Å²) in [6, 6.07) is 3.88. The number of esters is 1. The Bertz CT molecular complexity index is 348. The lowest BCUT2D eigenvalue weighted by Gasteiger charge is -2.05. The van der Waals surface area contributed by atoms with E-state index in [1.807, 2.05) is 19.1 Å². The van der Waals surface area contributed by atoms with Gasteiger partial charge in [0.1, 0.15) is 0 Å². The van der Waals surface area contributed by atoms with E-state index in [1.165, 1.54) is 7.11 Å². The molecule has 0 aliphatic rings. The van der Waals surface area contributed by atoms with Crippen LogP contribution in [0.5, 0.6) is 0 Å². The second-order valence-electron chi connectivity index (χ2n) is 2.60. The second kappa shape index (κ2) is 4.59. The van der Waals surface area contributed by atoms with Gasteiger partial charge in [0.2, 0.25) is 0 Å². The van der Waals surface area contributed by atoms with Gasteiger partial charge in [-0.3, -0.25) is 0 Å². The van der Waals surface area contributed by atoms with E-state index >= 15 is 0 Å². The summed E-state index contributed by atoms with van der Waals surface area (Å²) in [4.78, 5) is 11.3. The maximum atomic E-state index is 11.3. The van der Waals surface area contributed by atoms with Gasteiger partial charge in [-0.05, 0) is 69.8 Å². The average molecular weight is 402 g/mol. The molecule has 70 valence electrons. The molecule has 0 saturated heterocycles. The fourth-order valence-corrected chi connectivity index (χ4v) is 2.30. The van der Waals surface area contributed by atoms with Crippen LogP contribution in [0.3, 0.4) is 0 Å². The van der Waals surface area contributed by atoms with Crippen LogP contribution >= 0.6 is 45.2 Å². The van der Waals surface area contributed by atoms with Gasteiger partial charge in [-0.2, -0.15) is 0 Å². The Morgan fingerprint density at radius 1 is 1.38 bits per heavy atom. The molecule has 13 heavy (non-hydrogen) atoms. The summed E-state index contributed by atoms with van der Waals surface area (Å²) >= 11 is 4.36. The van der Waals surface area contributed by atoms with Crippen molar-refractivity contribution in [2.75, 3.05) is 7.11 Å². The Labute approximate surface area is 104 Å². The van der Waals surface area contributed by atoms with Crippen molar-refractivity contribution in [3.05, 3.63) is 30.4 Å². The summed E-state index contributed by atoms with van der Waals surface area (Å²) in [5, 5.41) is 0. The Hall–Kier alpha value is 0.150. The zero-order chi connectivity index (χ0) is 10.0. The molecule has 0 aliphatic carbocycles. The minimum atomic E-state index is -0.272. The van der Waals surface area contributed by atoms with Crippen LogP contribution < -0.4 is 0 Å². The number of carbonyl (C=O) groups excluding carboxylic acids is 1. The molecular weight excluding hydrogens is 394 g/mol. The standard InChI is InChI=1S/C9H8I2O2/c1-5-3-6(9(12)13-2)8(11)7(10)4-5/h3-4H,1-2H3. The zero-order valence-corrected chi connectivity index (χ0v) is 11.5. The predicted octanol–water partition coefficient (Wildman–Crippen LogP) is 2.99. The van der Waals surface area contributed by atoms with Gasteiger partial charge in [0.05, 0.1) is 12.7 Å². The largest absolute Gasteiger partial charge is 0.465 e. The van der Waals surface area contributed by atoms with Crippen LogP contribution in [0.15, 0.2) is 12.1 Å². The molecule has 0 N–H and O–H groups in total. The van der Waals surface area contributed by atoms with Gasteiger partial charge in [-0.25, -0.2) is 4.79 Å². The van der Waals surface area contributed by atoms with E-state index in [9.17, 15) is 4.79 Å². The first-order chi connectivity index (χ1) is 6.06. The summed E-state index contributed by atoms with van der Waals surface area (Å²) in [5.41, 5.74) is 1.72. The van der Waals surface area contributed by atoms with E-state index in [2.05, 4.69) is 49.9 Å². The number of hydrogen-bond acceptors (Lipinski definition) is 2. The molecule has 1 aromatic rings. The number of aryl methyl sites for hydroxylation is 1. The third-order valence-electron chi connectivity index (χ3n) is 1.58. The maximum absolute atomic E-state index is 11.3. The summed E-state index contributed by atoms with van der Waals surface area (Å²) < 4.78 is 6.72. The first-order valence-corrected chi connectivity index (χ1v) is 5.76. The molecule has 0 radical (unpaired) electrons. The van der Waals surface area contributed by atoms with Gasteiger partial charge < -0.3 is 4.74 Å². The van der Waals surface area contributed by atoms with Gasteiger partial charge in [-0.1, -0.05) is 0 Å². The highest BCUT2D eigenvalue weighted by Gasteiger charge is 2.12. The molecule has 0 amide bonds. The summed E-state index contributed by atoms with van der Waals surface area (Å²) in [6.07, 6.45) is 0. The second-order valence-corrected chi connectivity index (χ2v) is 4.84. The van der Waals surface area contributed by atoms with Gasteiger partial charge in [0.25, 0.3) is 0 Å². The normalized spacial score (nSPS) is 9.85. The highest BCUT2D eigenvalue weighted by molar-refractivity contribution is 14.1. The summed E-state index contributed by atoms with van der Waals surface area (Å²) in [7, 11) is 1.40. The van der Waals surface area contributed by atoms with Crippen LogP contribution in [0.1, 0.15) is 15.9 Å². The number of benzene rings is 1. The van der Waals surface area contributed by atoms with E-state index in [1.54, 1.807) is 0 Å². The van der Waals surface area contributed by atoms with Crippen molar-refractivity contribution in [1.29, 1.82) is 0 Å². The van der Waals surface area contributed by atoms with Crippen molar-refractivity contribution in [2.45, 2.75) is 6.92 Å². The lowest BCUT2D eigenvalue weighted by atomic mass is 10.1. The van der Waals surface area contributed by atoms with Crippen LogP contribution in [-0.2, 0) is 4.74 Å². The van der Waals surface area contributed by atoms with E-state index < -0.39 is 0 Å². The molecule has 4 heteroatoms. The molecule has 2 nitrogen and oxygen atoms in total. The minimum Gasteiger partial charge on any atom is -0.465 e. The number of ether oxygens (including phenoxy) is 1. The minimum absolute atomic E-state index is 0.272. The van der Waals surface area contributed by atoms with Gasteiger partial charge in [-0.15, -0.1) is 0 Å². The van der Waals surface area contributed by atoms with Crippen molar-refractivity contribution in [3.63, 3.8) is 0 Å². The highest BCUT2D eigenvalue weighted by Crippen LogP contribution is 2.21. The molecular formula is C9H8I2O2. The molecule has 0 saturated carbocycles. The SMILES string of the molecule is COC(=O)c1cc(C)cc(I)c1I. The van der Waals surface area contributed by atoms with Crippen molar-refractivity contribution in [2.24, 2.45) is 0 Å². The quantitative estimate of drug-likeness (QED) is 0.534. The van der Waals surface area contributed by atoms with Crippen molar-refractivity contribution in [1.82, 2.24) is 0 Å². The molecule has 0 heterocycles. The van der Waals surface area contributed by atoms with Crippen molar-refractivity contribution >= 4 is 51.2 Å². The van der Waals surface area contributed by atoms with Crippen LogP contribution in [0.4, 0.5) is 0 Å². The topological polar surface area (TPSA) is 26.3 Å². The molecule has 0 aromatic heterocycles. The molecule has 0 fully saturated rings. The fourth-order valence-electron chi connectivity index (χ4n) is 0.983. The lowest BCUT2D eigenvalue weighted by molar-refractivity contribution is 0.0599. The van der Waals surface area contributed by atoms with E-state index in [0.29, 0.717) is 5.56 Å². The van der Waals surface area contributed by atoms with Crippen molar-refractivity contribution < 1.29 is 9.53 Å². The number of halogens is 2. The highest BCUT2D eigenvalue weighted by atomic mass is 127. The van der Waals surface area contributed by atoms with E-state index in [-0.39, 0.29) is 5.97 Å². The lowest BCUT2D eigenvalue weighted by Crippen LogP contribution is -2.05. The molecule has 1 aromatic carbocycles. The van der Waals surface area contributed by atoms with Gasteiger partial charge in [0, 0.05) is 7.14 Å². The molecule has 1 rings (SSSR count). The molecule has 0 bridgehead atoms. The number of hydrogen-bond donors (Lipinski definition) is 0. The molecule has 0 unspecified atom stereocenters. The smallest absolute Gasteiger partial charge is 0.338 e. The summed E-state index contributed by atoms with van der Waals surface area (Å²) in [5.74, 6) is -0.272. The van der Waals surface area contributed by atoms with Gasteiger partial charge >= 0.3 is 5.97 Å². The van der Waals surface area contributed by atoms with Crippen LogP contribution in [0.25, 0.3) is 0 Å². The third kappa shape index (κ3) is 2.55. The van der Waals surface area contributed by atoms with Crippen LogP contribution in [0, 0.1) is 14.1 Å².